The van der Waals surface area contributed by atoms with Gasteiger partial charge in [-0.2, -0.15) is 0 Å². The first-order valence-electron chi connectivity index (χ1n) is 5.51. The van der Waals surface area contributed by atoms with Crippen LogP contribution in [0.4, 0.5) is 11.4 Å². The molecule has 0 amide bonds. The van der Waals surface area contributed by atoms with Gasteiger partial charge in [0.2, 0.25) is 0 Å². The molecule has 0 saturated heterocycles. The number of H-pyrrole nitrogens is 1. The number of rotatable bonds is 4. The molecule has 0 radical (unpaired) electrons. The second-order valence-corrected chi connectivity index (χ2v) is 4.25. The Balaban J connectivity index is 2.21. The number of hydrogen-bond acceptors (Lipinski definition) is 3. The smallest absolute Gasteiger partial charge is 0.128 e. The van der Waals surface area contributed by atoms with Crippen LogP contribution in [-0.2, 0) is 0 Å². The molecule has 1 aromatic heterocycles. The fourth-order valence-corrected chi connectivity index (χ4v) is 1.85. The molecule has 0 bridgehead atoms. The summed E-state index contributed by atoms with van der Waals surface area (Å²) in [4.78, 5) is 7.34. The van der Waals surface area contributed by atoms with Crippen molar-refractivity contribution in [2.75, 3.05) is 11.1 Å². The number of nitrogens with one attached hydrogen (secondary N) is 2. The highest BCUT2D eigenvalue weighted by Gasteiger charge is 2.12. The number of nitrogens with zero attached hydrogens (tertiary/aromatic N) is 1. The summed E-state index contributed by atoms with van der Waals surface area (Å²) in [6, 6.07) is 5.49. The highest BCUT2D eigenvalue weighted by molar-refractivity contribution is 6.31. The lowest BCUT2D eigenvalue weighted by Crippen LogP contribution is -2.12. The fraction of sp³-hybridized carbons (Fsp3) is 0.250. The van der Waals surface area contributed by atoms with Gasteiger partial charge >= 0.3 is 0 Å². The molecule has 90 valence electrons. The Morgan fingerprint density at radius 2 is 2.35 bits per heavy atom. The Kier molecular flexibility index (Phi) is 3.54. The van der Waals surface area contributed by atoms with Gasteiger partial charge in [-0.1, -0.05) is 18.5 Å². The predicted molar refractivity (Wildman–Crippen MR) is 71.1 cm³/mol. The van der Waals surface area contributed by atoms with Crippen LogP contribution in [0.25, 0.3) is 0 Å². The van der Waals surface area contributed by atoms with Gasteiger partial charge in [-0.15, -0.1) is 0 Å². The van der Waals surface area contributed by atoms with Crippen molar-refractivity contribution in [1.29, 1.82) is 0 Å². The average molecular weight is 251 g/mol. The maximum atomic E-state index is 5.95. The second-order valence-electron chi connectivity index (χ2n) is 3.81. The van der Waals surface area contributed by atoms with Gasteiger partial charge in [0.05, 0.1) is 17.4 Å². The minimum atomic E-state index is 0.103. The number of imidazole rings is 1. The van der Waals surface area contributed by atoms with Gasteiger partial charge in [0, 0.05) is 17.4 Å². The van der Waals surface area contributed by atoms with E-state index < -0.39 is 0 Å². The molecule has 1 atom stereocenters. The minimum Gasteiger partial charge on any atom is -0.397 e. The molecule has 0 fully saturated rings. The number of halogens is 1. The van der Waals surface area contributed by atoms with Gasteiger partial charge in [-0.25, -0.2) is 4.98 Å². The summed E-state index contributed by atoms with van der Waals surface area (Å²) in [6.45, 7) is 2.08. The van der Waals surface area contributed by atoms with E-state index in [4.69, 9.17) is 17.3 Å². The molecule has 4 nitrogen and oxygen atoms in total. The summed E-state index contributed by atoms with van der Waals surface area (Å²) in [6.07, 6.45) is 4.45. The normalized spacial score (nSPS) is 12.4. The molecule has 0 saturated carbocycles. The Morgan fingerprint density at radius 1 is 1.53 bits per heavy atom. The van der Waals surface area contributed by atoms with Crippen molar-refractivity contribution in [3.8, 4) is 0 Å². The van der Waals surface area contributed by atoms with Crippen molar-refractivity contribution in [2.24, 2.45) is 0 Å². The van der Waals surface area contributed by atoms with Crippen LogP contribution in [0.5, 0.6) is 0 Å². The van der Waals surface area contributed by atoms with E-state index in [2.05, 4.69) is 22.2 Å². The molecule has 4 N–H and O–H groups in total. The summed E-state index contributed by atoms with van der Waals surface area (Å²) >= 11 is 5.95. The van der Waals surface area contributed by atoms with Crippen LogP contribution in [0.1, 0.15) is 25.2 Å². The third-order valence-corrected chi connectivity index (χ3v) is 2.84. The monoisotopic (exact) mass is 250 g/mol. The lowest BCUT2D eigenvalue weighted by Gasteiger charge is -2.17. The molecular formula is C12H15ClN4. The van der Waals surface area contributed by atoms with E-state index in [1.807, 2.05) is 6.07 Å². The second kappa shape index (κ2) is 5.10. The summed E-state index contributed by atoms with van der Waals surface area (Å²) in [5.41, 5.74) is 7.41. The van der Waals surface area contributed by atoms with E-state index in [1.54, 1.807) is 24.5 Å². The molecule has 2 aromatic rings. The fourth-order valence-electron chi connectivity index (χ4n) is 1.67. The van der Waals surface area contributed by atoms with Gasteiger partial charge in [0.15, 0.2) is 0 Å². The number of benzene rings is 1. The van der Waals surface area contributed by atoms with Gasteiger partial charge in [0.25, 0.3) is 0 Å². The molecule has 2 rings (SSSR count). The van der Waals surface area contributed by atoms with Gasteiger partial charge < -0.3 is 16.0 Å². The van der Waals surface area contributed by atoms with E-state index in [9.17, 15) is 0 Å². The summed E-state index contributed by atoms with van der Waals surface area (Å²) in [7, 11) is 0. The topological polar surface area (TPSA) is 66.7 Å². The zero-order chi connectivity index (χ0) is 12.3. The number of aromatic amines is 1. The Labute approximate surface area is 105 Å². The van der Waals surface area contributed by atoms with Crippen LogP contribution in [-0.4, -0.2) is 9.97 Å². The number of nitrogen functional groups attached to an aromatic ring is 1. The average Bonchev–Trinajstić information content (AvgIpc) is 2.84. The lowest BCUT2D eigenvalue weighted by atomic mass is 10.2. The van der Waals surface area contributed by atoms with Crippen LogP contribution in [0.2, 0.25) is 5.02 Å². The first-order valence-corrected chi connectivity index (χ1v) is 5.89. The minimum absolute atomic E-state index is 0.103. The SMILES string of the molecule is CCC(Nc1cc(Cl)ccc1N)c1ncc[nH]1. The molecule has 0 aliphatic heterocycles. The van der Waals surface area contributed by atoms with Crippen LogP contribution in [0.3, 0.4) is 0 Å². The standard InChI is InChI=1S/C12H15ClN4/c1-2-10(12-15-5-6-16-12)17-11-7-8(13)3-4-9(11)14/h3-7,10,17H,2,14H2,1H3,(H,15,16). The van der Waals surface area contributed by atoms with E-state index in [1.165, 1.54) is 0 Å². The summed E-state index contributed by atoms with van der Waals surface area (Å²) in [5.74, 6) is 0.895. The molecule has 17 heavy (non-hydrogen) atoms. The van der Waals surface area contributed by atoms with Crippen LogP contribution in [0, 0.1) is 0 Å². The van der Waals surface area contributed by atoms with Crippen LogP contribution < -0.4 is 11.1 Å². The molecule has 5 heteroatoms. The van der Waals surface area contributed by atoms with Gasteiger partial charge in [-0.05, 0) is 24.6 Å². The third kappa shape index (κ3) is 2.71. The highest BCUT2D eigenvalue weighted by atomic mass is 35.5. The predicted octanol–water partition coefficient (Wildman–Crippen LogP) is 3.21. The number of hydrogen-bond donors (Lipinski definition) is 3. The molecule has 0 aliphatic rings. The van der Waals surface area contributed by atoms with E-state index >= 15 is 0 Å². The number of anilines is 2. The van der Waals surface area contributed by atoms with Crippen molar-refractivity contribution in [1.82, 2.24) is 9.97 Å². The van der Waals surface area contributed by atoms with Crippen LogP contribution in [0.15, 0.2) is 30.6 Å². The van der Waals surface area contributed by atoms with Crippen molar-refractivity contribution in [3.63, 3.8) is 0 Å². The summed E-state index contributed by atoms with van der Waals surface area (Å²) < 4.78 is 0. The van der Waals surface area contributed by atoms with E-state index in [0.717, 1.165) is 17.9 Å². The van der Waals surface area contributed by atoms with Crippen molar-refractivity contribution < 1.29 is 0 Å². The highest BCUT2D eigenvalue weighted by Crippen LogP contribution is 2.27. The molecule has 0 spiro atoms. The number of aromatic nitrogens is 2. The molecule has 1 heterocycles. The van der Waals surface area contributed by atoms with E-state index in [-0.39, 0.29) is 6.04 Å². The van der Waals surface area contributed by atoms with Crippen molar-refractivity contribution >= 4 is 23.0 Å². The largest absolute Gasteiger partial charge is 0.397 e. The van der Waals surface area contributed by atoms with Crippen LogP contribution >= 0.6 is 11.6 Å². The lowest BCUT2D eigenvalue weighted by molar-refractivity contribution is 0.704. The Bertz CT molecular complexity index is 481. The first-order chi connectivity index (χ1) is 8.20. The Hall–Kier alpha value is -1.68. The summed E-state index contributed by atoms with van der Waals surface area (Å²) in [5, 5.41) is 4.00. The van der Waals surface area contributed by atoms with E-state index in [0.29, 0.717) is 10.7 Å². The quantitative estimate of drug-likeness (QED) is 0.730. The molecular weight excluding hydrogens is 236 g/mol. The van der Waals surface area contributed by atoms with Gasteiger partial charge in [0.1, 0.15) is 5.82 Å². The van der Waals surface area contributed by atoms with Crippen molar-refractivity contribution in [3.05, 3.63) is 41.4 Å². The van der Waals surface area contributed by atoms with Crippen molar-refractivity contribution in [2.45, 2.75) is 19.4 Å². The first kappa shape index (κ1) is 11.8. The number of nitrogens with two attached hydrogens (primary N) is 1. The molecule has 1 unspecified atom stereocenters. The van der Waals surface area contributed by atoms with Gasteiger partial charge in [-0.3, -0.25) is 0 Å². The molecule has 0 aliphatic carbocycles. The maximum Gasteiger partial charge on any atom is 0.128 e. The zero-order valence-corrected chi connectivity index (χ0v) is 10.3. The Morgan fingerprint density at radius 3 is 3.00 bits per heavy atom. The zero-order valence-electron chi connectivity index (χ0n) is 9.57. The third-order valence-electron chi connectivity index (χ3n) is 2.60. The maximum absolute atomic E-state index is 5.95. The molecule has 1 aromatic carbocycles.